The summed E-state index contributed by atoms with van der Waals surface area (Å²) >= 11 is 0. The van der Waals surface area contributed by atoms with E-state index < -0.39 is 6.10 Å². The maximum atomic E-state index is 10.6. The molecule has 0 spiro atoms. The molecule has 8 heavy (non-hydrogen) atoms. The van der Waals surface area contributed by atoms with Gasteiger partial charge in [-0.3, -0.25) is 4.79 Å². The Kier molecular flexibility index (Phi) is 1.18. The topological polar surface area (TPSA) is 37.3 Å². The van der Waals surface area contributed by atoms with Gasteiger partial charge in [-0.25, -0.2) is 0 Å². The molecule has 0 saturated heterocycles. The molecule has 0 aromatic rings. The van der Waals surface area contributed by atoms with Crippen molar-refractivity contribution in [2.24, 2.45) is 0 Å². The molecule has 0 unspecified atom stereocenters. The molecule has 0 amide bonds. The highest BCUT2D eigenvalue weighted by atomic mass is 16.3. The Morgan fingerprint density at radius 1 is 1.88 bits per heavy atom. The number of hydrogen-bond acceptors (Lipinski definition) is 2. The number of aliphatic hydroxyl groups is 1. The molecule has 0 aliphatic heterocycles. The lowest BCUT2D eigenvalue weighted by Gasteiger charge is -1.88. The van der Waals surface area contributed by atoms with Crippen LogP contribution in [0.25, 0.3) is 0 Å². The van der Waals surface area contributed by atoms with E-state index in [-0.39, 0.29) is 12.2 Å². The minimum atomic E-state index is -0.512. The molecule has 1 aliphatic rings. The smallest absolute Gasteiger partial charge is 0.161 e. The van der Waals surface area contributed by atoms with Crippen molar-refractivity contribution < 1.29 is 9.90 Å². The van der Waals surface area contributed by atoms with Gasteiger partial charge in [-0.1, -0.05) is 0 Å². The van der Waals surface area contributed by atoms with Crippen molar-refractivity contribution in [1.29, 1.82) is 0 Å². The fraction of sp³-hybridized carbons (Fsp3) is 0.500. The predicted molar refractivity (Wildman–Crippen MR) is 29.4 cm³/mol. The van der Waals surface area contributed by atoms with Gasteiger partial charge in [-0.15, -0.1) is 0 Å². The maximum absolute atomic E-state index is 10.6. The molecule has 0 fully saturated rings. The van der Waals surface area contributed by atoms with Crippen molar-refractivity contribution in [2.75, 3.05) is 0 Å². The minimum Gasteiger partial charge on any atom is -0.389 e. The van der Waals surface area contributed by atoms with Crippen molar-refractivity contribution in [1.82, 2.24) is 0 Å². The van der Waals surface area contributed by atoms with E-state index in [9.17, 15) is 4.79 Å². The van der Waals surface area contributed by atoms with Gasteiger partial charge >= 0.3 is 0 Å². The molecule has 44 valence electrons. The normalized spacial score (nSPS) is 28.5. The maximum Gasteiger partial charge on any atom is 0.161 e. The van der Waals surface area contributed by atoms with Gasteiger partial charge in [0.05, 0.1) is 6.10 Å². The second-order valence-corrected chi connectivity index (χ2v) is 2.04. The molecular formula is C6H8O2. The quantitative estimate of drug-likeness (QED) is 0.488. The van der Waals surface area contributed by atoms with Crippen LogP contribution in [0, 0.1) is 0 Å². The number of aliphatic hydroxyl groups excluding tert-OH is 1. The van der Waals surface area contributed by atoms with Gasteiger partial charge in [-0.05, 0) is 18.6 Å². The minimum absolute atomic E-state index is 0.0671. The monoisotopic (exact) mass is 112 g/mol. The highest BCUT2D eigenvalue weighted by Gasteiger charge is 2.17. The highest BCUT2D eigenvalue weighted by Crippen LogP contribution is 2.12. The van der Waals surface area contributed by atoms with Crippen LogP contribution in [0.4, 0.5) is 0 Å². The summed E-state index contributed by atoms with van der Waals surface area (Å²) in [5, 5.41) is 8.77. The molecule has 0 aromatic carbocycles. The van der Waals surface area contributed by atoms with Crippen molar-refractivity contribution in [3.05, 3.63) is 11.6 Å². The van der Waals surface area contributed by atoms with E-state index in [0.29, 0.717) is 5.57 Å². The molecule has 1 rings (SSSR count). The second-order valence-electron chi connectivity index (χ2n) is 2.04. The highest BCUT2D eigenvalue weighted by molar-refractivity contribution is 5.97. The van der Waals surface area contributed by atoms with Crippen molar-refractivity contribution >= 4 is 5.78 Å². The lowest BCUT2D eigenvalue weighted by Crippen LogP contribution is -2.00. The molecule has 0 heterocycles. The van der Waals surface area contributed by atoms with Crippen molar-refractivity contribution in [2.45, 2.75) is 19.4 Å². The van der Waals surface area contributed by atoms with Crippen LogP contribution in [0.2, 0.25) is 0 Å². The Morgan fingerprint density at radius 2 is 2.50 bits per heavy atom. The summed E-state index contributed by atoms with van der Waals surface area (Å²) in [6.07, 6.45) is 1.36. The number of hydrogen-bond donors (Lipinski definition) is 1. The first-order chi connectivity index (χ1) is 3.70. The number of allylic oxidation sites excluding steroid dienone is 1. The first kappa shape index (κ1) is 5.51. The lowest BCUT2D eigenvalue weighted by atomic mass is 10.2. The molecule has 0 radical (unpaired) electrons. The van der Waals surface area contributed by atoms with Crippen LogP contribution >= 0.6 is 0 Å². The van der Waals surface area contributed by atoms with E-state index in [0.717, 1.165) is 0 Å². The number of Topliss-reactive ketones (excluding diaryl/α,β-unsaturated/α-hetero) is 1. The summed E-state index contributed by atoms with van der Waals surface area (Å²) in [7, 11) is 0. The third kappa shape index (κ3) is 0.793. The fourth-order valence-corrected chi connectivity index (χ4v) is 0.791. The van der Waals surface area contributed by atoms with Gasteiger partial charge < -0.3 is 5.11 Å². The van der Waals surface area contributed by atoms with Crippen LogP contribution in [0.5, 0.6) is 0 Å². The molecular weight excluding hydrogens is 104 g/mol. The number of carbonyl (C=O) groups is 1. The van der Waals surface area contributed by atoms with Gasteiger partial charge in [0, 0.05) is 6.42 Å². The van der Waals surface area contributed by atoms with Crippen LogP contribution in [0.3, 0.4) is 0 Å². The van der Waals surface area contributed by atoms with Crippen molar-refractivity contribution in [3.8, 4) is 0 Å². The van der Waals surface area contributed by atoms with Crippen molar-refractivity contribution in [3.63, 3.8) is 0 Å². The summed E-state index contributed by atoms with van der Waals surface area (Å²) in [5.41, 5.74) is 0.692. The molecule has 2 heteroatoms. The van der Waals surface area contributed by atoms with Crippen LogP contribution in [0.15, 0.2) is 11.6 Å². The summed E-state index contributed by atoms with van der Waals surface area (Å²) in [6.45, 7) is 1.72. The van der Waals surface area contributed by atoms with Gasteiger partial charge in [0.2, 0.25) is 0 Å². The molecule has 0 bridgehead atoms. The lowest BCUT2D eigenvalue weighted by molar-refractivity contribution is -0.115. The van der Waals surface area contributed by atoms with E-state index >= 15 is 0 Å². The van der Waals surface area contributed by atoms with E-state index in [2.05, 4.69) is 0 Å². The Labute approximate surface area is 47.8 Å². The zero-order valence-corrected chi connectivity index (χ0v) is 4.72. The summed E-state index contributed by atoms with van der Waals surface area (Å²) in [6, 6.07) is 0. The van der Waals surface area contributed by atoms with E-state index in [1.165, 1.54) is 0 Å². The molecule has 1 N–H and O–H groups in total. The Morgan fingerprint density at radius 3 is 2.62 bits per heavy atom. The Hall–Kier alpha value is -0.630. The molecule has 0 aromatic heterocycles. The van der Waals surface area contributed by atoms with Gasteiger partial charge in [0.25, 0.3) is 0 Å². The van der Waals surface area contributed by atoms with Gasteiger partial charge in [0.1, 0.15) is 0 Å². The number of carbonyl (C=O) groups excluding carboxylic acids is 1. The largest absolute Gasteiger partial charge is 0.389 e. The third-order valence-electron chi connectivity index (χ3n) is 1.28. The summed E-state index contributed by atoms with van der Waals surface area (Å²) in [4.78, 5) is 10.6. The third-order valence-corrected chi connectivity index (χ3v) is 1.28. The Bertz CT molecular complexity index is 147. The first-order valence-corrected chi connectivity index (χ1v) is 2.60. The van der Waals surface area contributed by atoms with E-state index in [4.69, 9.17) is 5.11 Å². The summed E-state index contributed by atoms with van der Waals surface area (Å²) < 4.78 is 0. The number of ketones is 1. The molecule has 1 aliphatic carbocycles. The molecule has 2 nitrogen and oxygen atoms in total. The van der Waals surface area contributed by atoms with Crippen LogP contribution in [0.1, 0.15) is 13.3 Å². The van der Waals surface area contributed by atoms with E-state index in [1.807, 2.05) is 0 Å². The molecule has 0 saturated carbocycles. The van der Waals surface area contributed by atoms with Crippen LogP contribution in [-0.4, -0.2) is 17.0 Å². The average Bonchev–Trinajstić information content (AvgIpc) is 1.85. The average molecular weight is 112 g/mol. The second kappa shape index (κ2) is 1.71. The van der Waals surface area contributed by atoms with Crippen LogP contribution in [-0.2, 0) is 4.79 Å². The standard InChI is InChI=1S/C6H8O2/c1-4-2-5(7)3-6(4)8/h2,5,7H,3H2,1H3/t5-/m0/s1. The van der Waals surface area contributed by atoms with E-state index in [1.54, 1.807) is 13.0 Å². The summed E-state index contributed by atoms with van der Waals surface area (Å²) in [5.74, 6) is 0.0671. The Balaban J connectivity index is 2.73. The van der Waals surface area contributed by atoms with Gasteiger partial charge in [0.15, 0.2) is 5.78 Å². The zero-order valence-electron chi connectivity index (χ0n) is 4.72. The fourth-order valence-electron chi connectivity index (χ4n) is 0.791. The predicted octanol–water partition coefficient (Wildman–Crippen LogP) is 0.266. The first-order valence-electron chi connectivity index (χ1n) is 2.60. The van der Waals surface area contributed by atoms with Gasteiger partial charge in [-0.2, -0.15) is 0 Å². The van der Waals surface area contributed by atoms with Crippen LogP contribution < -0.4 is 0 Å². The SMILES string of the molecule is CC1=C[C@H](O)CC1=O. The number of rotatable bonds is 0. The zero-order chi connectivity index (χ0) is 6.15. The molecule has 1 atom stereocenters.